The molecule has 26 heavy (non-hydrogen) atoms. The predicted molar refractivity (Wildman–Crippen MR) is 91.7 cm³/mol. The first-order valence-electron chi connectivity index (χ1n) is 7.94. The molecule has 3 rings (SSSR count). The molecule has 3 nitrogen and oxygen atoms in total. The van der Waals surface area contributed by atoms with Gasteiger partial charge in [-0.2, -0.15) is 13.2 Å². The van der Waals surface area contributed by atoms with Crippen LogP contribution in [0.3, 0.4) is 0 Å². The minimum atomic E-state index is -4.86. The predicted octanol–water partition coefficient (Wildman–Crippen LogP) is 3.62. The van der Waals surface area contributed by atoms with Crippen LogP contribution >= 0.6 is 11.6 Å². The van der Waals surface area contributed by atoms with Crippen LogP contribution in [-0.4, -0.2) is 35.1 Å². The van der Waals surface area contributed by atoms with Gasteiger partial charge in [-0.25, -0.2) is 0 Å². The number of pyridine rings is 1. The first-order valence-corrected chi connectivity index (χ1v) is 8.32. The second-order valence-electron chi connectivity index (χ2n) is 5.84. The molecule has 0 atom stereocenters. The quantitative estimate of drug-likeness (QED) is 0.656. The van der Waals surface area contributed by atoms with Gasteiger partial charge in [-0.3, -0.25) is 9.78 Å². The van der Waals surface area contributed by atoms with Crippen molar-refractivity contribution in [3.8, 4) is 11.8 Å². The number of hydrogen-bond donors (Lipinski definition) is 0. The van der Waals surface area contributed by atoms with E-state index in [1.54, 1.807) is 36.7 Å². The van der Waals surface area contributed by atoms with Gasteiger partial charge in [-0.1, -0.05) is 29.5 Å². The third-order valence-electron chi connectivity index (χ3n) is 4.16. The van der Waals surface area contributed by atoms with E-state index in [1.165, 1.54) is 0 Å². The Balaban J connectivity index is 1.91. The Morgan fingerprint density at radius 3 is 2.62 bits per heavy atom. The molecule has 0 aliphatic carbocycles. The van der Waals surface area contributed by atoms with Crippen LogP contribution in [0.15, 0.2) is 36.7 Å². The maximum Gasteiger partial charge on any atom is 0.471 e. The molecule has 0 unspecified atom stereocenters. The highest BCUT2D eigenvalue weighted by Crippen LogP contribution is 2.28. The summed E-state index contributed by atoms with van der Waals surface area (Å²) in [6.07, 6.45) is -1.01. The van der Waals surface area contributed by atoms with E-state index in [0.717, 1.165) is 16.0 Å². The lowest BCUT2D eigenvalue weighted by atomic mass is 9.97. The van der Waals surface area contributed by atoms with Crippen LogP contribution in [0.25, 0.3) is 0 Å². The van der Waals surface area contributed by atoms with Crippen molar-refractivity contribution in [2.24, 2.45) is 0 Å². The molecule has 2 heterocycles. The molecular weight excluding hydrogens is 365 g/mol. The highest BCUT2D eigenvalue weighted by atomic mass is 35.5. The minimum absolute atomic E-state index is 0.0163. The van der Waals surface area contributed by atoms with Gasteiger partial charge >= 0.3 is 12.1 Å². The van der Waals surface area contributed by atoms with E-state index in [1.807, 2.05) is 0 Å². The maximum absolute atomic E-state index is 12.7. The van der Waals surface area contributed by atoms with Crippen molar-refractivity contribution in [1.29, 1.82) is 0 Å². The Morgan fingerprint density at radius 1 is 1.15 bits per heavy atom. The van der Waals surface area contributed by atoms with Crippen molar-refractivity contribution in [2.45, 2.75) is 19.0 Å². The summed E-state index contributed by atoms with van der Waals surface area (Å²) in [4.78, 5) is 16.4. The van der Waals surface area contributed by atoms with Gasteiger partial charge in [0.15, 0.2) is 0 Å². The molecule has 1 aliphatic rings. The van der Waals surface area contributed by atoms with E-state index in [0.29, 0.717) is 22.6 Å². The van der Waals surface area contributed by atoms with Gasteiger partial charge in [-0.05, 0) is 42.2 Å². The van der Waals surface area contributed by atoms with Crippen LogP contribution in [0, 0.1) is 11.8 Å². The molecule has 7 heteroatoms. The van der Waals surface area contributed by atoms with Crippen LogP contribution in [0.2, 0.25) is 5.02 Å². The topological polar surface area (TPSA) is 33.2 Å². The summed E-state index contributed by atoms with van der Waals surface area (Å²) >= 11 is 6.27. The molecule has 2 aromatic rings. The van der Waals surface area contributed by atoms with Crippen molar-refractivity contribution in [2.75, 3.05) is 13.1 Å². The van der Waals surface area contributed by atoms with Gasteiger partial charge in [0.25, 0.3) is 0 Å². The molecule has 0 bridgehead atoms. The third-order valence-corrected chi connectivity index (χ3v) is 4.48. The fourth-order valence-electron chi connectivity index (χ4n) is 2.89. The summed E-state index contributed by atoms with van der Waals surface area (Å²) in [6.45, 7) is -0.00426. The van der Waals surface area contributed by atoms with Gasteiger partial charge < -0.3 is 4.90 Å². The van der Waals surface area contributed by atoms with E-state index in [-0.39, 0.29) is 19.5 Å². The van der Waals surface area contributed by atoms with Gasteiger partial charge in [0.1, 0.15) is 0 Å². The van der Waals surface area contributed by atoms with Crippen LogP contribution in [-0.2, 0) is 17.6 Å². The Bertz CT molecular complexity index is 885. The van der Waals surface area contributed by atoms with Gasteiger partial charge in [-0.15, -0.1) is 0 Å². The molecule has 0 saturated carbocycles. The number of hydrogen-bond acceptors (Lipinski definition) is 2. The van der Waals surface area contributed by atoms with Gasteiger partial charge in [0, 0.05) is 36.6 Å². The lowest BCUT2D eigenvalue weighted by molar-refractivity contribution is -0.185. The summed E-state index contributed by atoms with van der Waals surface area (Å²) in [6, 6.07) is 7.04. The van der Waals surface area contributed by atoms with Crippen molar-refractivity contribution < 1.29 is 18.0 Å². The number of alkyl halides is 3. The molecule has 0 fully saturated rings. The highest BCUT2D eigenvalue weighted by molar-refractivity contribution is 6.31. The second kappa shape index (κ2) is 7.38. The molecule has 1 aromatic carbocycles. The van der Waals surface area contributed by atoms with E-state index in [4.69, 9.17) is 11.6 Å². The van der Waals surface area contributed by atoms with Crippen molar-refractivity contribution >= 4 is 17.5 Å². The average molecular weight is 379 g/mol. The number of nitrogens with zero attached hydrogens (tertiary/aromatic N) is 2. The minimum Gasteiger partial charge on any atom is -0.334 e. The van der Waals surface area contributed by atoms with Gasteiger partial charge in [0.05, 0.1) is 5.02 Å². The molecule has 0 spiro atoms. The zero-order valence-electron chi connectivity index (χ0n) is 13.6. The molecular formula is C19H14ClF3N2O. The molecule has 1 aliphatic heterocycles. The van der Waals surface area contributed by atoms with E-state index in [9.17, 15) is 18.0 Å². The number of aromatic nitrogens is 1. The Morgan fingerprint density at radius 2 is 1.92 bits per heavy atom. The van der Waals surface area contributed by atoms with Crippen molar-refractivity contribution in [3.63, 3.8) is 0 Å². The fourth-order valence-corrected chi connectivity index (χ4v) is 3.11. The number of amides is 1. The first kappa shape index (κ1) is 18.3. The standard InChI is InChI=1S/C19H14ClF3N2O/c20-17-6-4-14-7-10-25(18(26)19(21,22)23)11-8-15(14)16(17)5-3-13-2-1-9-24-12-13/h1-2,4,6,9,12H,7-8,10-11H2. The van der Waals surface area contributed by atoms with E-state index >= 15 is 0 Å². The highest BCUT2D eigenvalue weighted by Gasteiger charge is 2.42. The zero-order chi connectivity index (χ0) is 18.7. The monoisotopic (exact) mass is 378 g/mol. The Labute approximate surface area is 153 Å². The van der Waals surface area contributed by atoms with Crippen LogP contribution < -0.4 is 0 Å². The second-order valence-corrected chi connectivity index (χ2v) is 6.25. The SMILES string of the molecule is O=C(N1CCc2ccc(Cl)c(C#Cc3cccnc3)c2CC1)C(F)(F)F. The van der Waals surface area contributed by atoms with Crippen molar-refractivity contribution in [3.05, 3.63) is 63.9 Å². The van der Waals surface area contributed by atoms with Crippen LogP contribution in [0.1, 0.15) is 22.3 Å². The number of halogens is 4. The zero-order valence-corrected chi connectivity index (χ0v) is 14.4. The summed E-state index contributed by atoms with van der Waals surface area (Å²) in [5.74, 6) is 4.18. The normalized spacial score (nSPS) is 14.1. The number of fused-ring (bicyclic) bond motifs is 1. The average Bonchev–Trinajstić information content (AvgIpc) is 2.83. The lowest BCUT2D eigenvalue weighted by Crippen LogP contribution is -2.42. The lowest BCUT2D eigenvalue weighted by Gasteiger charge is -2.21. The van der Waals surface area contributed by atoms with Crippen LogP contribution in [0.5, 0.6) is 0 Å². The van der Waals surface area contributed by atoms with E-state index in [2.05, 4.69) is 16.8 Å². The molecule has 134 valence electrons. The molecule has 0 radical (unpaired) electrons. The number of carbonyl (C=O) groups excluding carboxylic acids is 1. The molecule has 1 amide bonds. The van der Waals surface area contributed by atoms with Crippen molar-refractivity contribution in [1.82, 2.24) is 9.88 Å². The number of rotatable bonds is 0. The van der Waals surface area contributed by atoms with E-state index < -0.39 is 12.1 Å². The summed E-state index contributed by atoms with van der Waals surface area (Å²) in [5, 5.41) is 0.440. The summed E-state index contributed by atoms with van der Waals surface area (Å²) < 4.78 is 38.1. The largest absolute Gasteiger partial charge is 0.471 e. The summed E-state index contributed by atoms with van der Waals surface area (Å²) in [5.41, 5.74) is 2.96. The third kappa shape index (κ3) is 4.00. The molecule has 0 saturated heterocycles. The Hall–Kier alpha value is -2.52. The number of carbonyl (C=O) groups is 1. The maximum atomic E-state index is 12.7. The smallest absolute Gasteiger partial charge is 0.334 e. The van der Waals surface area contributed by atoms with Gasteiger partial charge in [0.2, 0.25) is 0 Å². The fraction of sp³-hybridized carbons (Fsp3) is 0.263. The molecule has 1 aromatic heterocycles. The number of benzene rings is 1. The summed E-state index contributed by atoms with van der Waals surface area (Å²) in [7, 11) is 0. The first-order chi connectivity index (χ1) is 12.4. The van der Waals surface area contributed by atoms with Crippen LogP contribution in [0.4, 0.5) is 13.2 Å². The Kier molecular flexibility index (Phi) is 5.19. The molecule has 0 N–H and O–H groups in total.